The summed E-state index contributed by atoms with van der Waals surface area (Å²) in [5, 5.41) is 15.2. The average molecular weight is 604 g/mol. The fourth-order valence-corrected chi connectivity index (χ4v) is 4.10. The monoisotopic (exact) mass is 603 g/mol. The number of methoxy groups -OCH3 is 1. The Hall–Kier alpha value is -5.21. The maximum absolute atomic E-state index is 13.3. The molecule has 3 amide bonds. The summed E-state index contributed by atoms with van der Waals surface area (Å²) >= 11 is 0. The van der Waals surface area contributed by atoms with Gasteiger partial charge in [-0.05, 0) is 43.2 Å². The Morgan fingerprint density at radius 3 is 2.53 bits per heavy atom. The molecule has 3 N–H and O–H groups in total. The summed E-state index contributed by atoms with van der Waals surface area (Å²) in [4.78, 5) is 63.4. The van der Waals surface area contributed by atoms with Gasteiger partial charge in [0.1, 0.15) is 29.6 Å². The largest absolute Gasteiger partial charge is 0.485 e. The first kappa shape index (κ1) is 32.3. The van der Waals surface area contributed by atoms with E-state index in [2.05, 4.69) is 15.4 Å². The molecule has 15 heteroatoms. The maximum atomic E-state index is 13.3. The van der Waals surface area contributed by atoms with Crippen LogP contribution in [-0.4, -0.2) is 83.4 Å². The number of halogens is 2. The van der Waals surface area contributed by atoms with E-state index < -0.39 is 42.7 Å². The van der Waals surface area contributed by atoms with E-state index >= 15 is 0 Å². The number of likely N-dealkylation sites (N-methyl/N-ethyl adjacent to an activating group) is 1. The molecule has 2 aromatic heterocycles. The Kier molecular flexibility index (Phi) is 11.0. The number of amides is 3. The second kappa shape index (κ2) is 14.6. The minimum Gasteiger partial charge on any atom is -0.485 e. The third-order valence-electron chi connectivity index (χ3n) is 6.15. The Balaban J connectivity index is 1.86. The van der Waals surface area contributed by atoms with Crippen molar-refractivity contribution >= 4 is 40.6 Å². The van der Waals surface area contributed by atoms with Crippen LogP contribution in [0.2, 0.25) is 0 Å². The number of hydrogen-bond acceptors (Lipinski definition) is 7. The Labute approximate surface area is 244 Å². The third-order valence-corrected chi connectivity index (χ3v) is 6.15. The number of aromatic nitrogens is 2. The minimum atomic E-state index is -2.77. The third kappa shape index (κ3) is 8.40. The summed E-state index contributed by atoms with van der Waals surface area (Å²) in [5.74, 6) is -1.05. The number of para-hydroxylation sites is 1. The predicted molar refractivity (Wildman–Crippen MR) is 152 cm³/mol. The van der Waals surface area contributed by atoms with Gasteiger partial charge in [-0.2, -0.15) is 0 Å². The number of alkyl halides is 2. The molecule has 0 aliphatic carbocycles. The molecule has 0 radical (unpaired) electrons. The van der Waals surface area contributed by atoms with E-state index in [0.29, 0.717) is 5.39 Å². The van der Waals surface area contributed by atoms with E-state index in [1.807, 2.05) is 0 Å². The number of nitrogens with zero attached hydrogens (tertiary/aromatic N) is 3. The molecular formula is C28H31F2N5O8. The van der Waals surface area contributed by atoms with E-state index in [4.69, 9.17) is 4.74 Å². The second-order valence-corrected chi connectivity index (χ2v) is 9.39. The van der Waals surface area contributed by atoms with Crippen LogP contribution in [0.25, 0.3) is 10.9 Å². The summed E-state index contributed by atoms with van der Waals surface area (Å²) in [5.41, 5.74) is -0.659. The van der Waals surface area contributed by atoms with Crippen molar-refractivity contribution < 1.29 is 42.5 Å². The lowest BCUT2D eigenvalue weighted by atomic mass is 10.1. The zero-order valence-corrected chi connectivity index (χ0v) is 23.6. The van der Waals surface area contributed by atoms with E-state index in [1.54, 1.807) is 26.2 Å². The van der Waals surface area contributed by atoms with Crippen molar-refractivity contribution in [2.45, 2.75) is 31.9 Å². The summed E-state index contributed by atoms with van der Waals surface area (Å²) in [6, 6.07) is 7.63. The van der Waals surface area contributed by atoms with Gasteiger partial charge in [-0.1, -0.05) is 18.2 Å². The summed E-state index contributed by atoms with van der Waals surface area (Å²) in [6.07, 6.45) is -0.503. The van der Waals surface area contributed by atoms with Crippen LogP contribution in [0, 0.1) is 0 Å². The number of alkyl carbamates (subject to hydrolysis) is 1. The number of fused-ring (bicyclic) bond motifs is 1. The topological polar surface area (TPSA) is 161 Å². The number of hydrogen-bond donors (Lipinski definition) is 3. The van der Waals surface area contributed by atoms with Gasteiger partial charge in [-0.15, -0.1) is 0 Å². The number of benzene rings is 1. The molecule has 0 bridgehead atoms. The number of allylic oxidation sites excluding steroid dienone is 1. The zero-order chi connectivity index (χ0) is 31.7. The molecule has 0 aliphatic rings. The smallest absolute Gasteiger partial charge is 0.416 e. The highest BCUT2D eigenvalue weighted by Gasteiger charge is 2.23. The van der Waals surface area contributed by atoms with Gasteiger partial charge in [-0.25, -0.2) is 22.9 Å². The SMILES string of the molecule is COC(=O)NC(CCC=CC(=O)N(C)C)C(=O)Nc1cccn(Cc2cc3cccc(OCC(F)F)c3n2C(=O)O)c1=O. The molecule has 0 saturated heterocycles. The average Bonchev–Trinajstić information content (AvgIpc) is 3.33. The van der Waals surface area contributed by atoms with Gasteiger partial charge < -0.3 is 34.7 Å². The Morgan fingerprint density at radius 2 is 1.88 bits per heavy atom. The molecule has 0 spiro atoms. The van der Waals surface area contributed by atoms with E-state index in [-0.39, 0.29) is 47.9 Å². The van der Waals surface area contributed by atoms with Crippen LogP contribution in [0.5, 0.6) is 5.75 Å². The van der Waals surface area contributed by atoms with Crippen molar-refractivity contribution in [1.82, 2.24) is 19.4 Å². The molecule has 1 aromatic carbocycles. The molecule has 0 aliphatic heterocycles. The minimum absolute atomic E-state index is 0.0428. The van der Waals surface area contributed by atoms with E-state index in [9.17, 15) is 37.9 Å². The summed E-state index contributed by atoms with van der Waals surface area (Å²) < 4.78 is 37.2. The van der Waals surface area contributed by atoms with Gasteiger partial charge in [-0.3, -0.25) is 14.4 Å². The van der Waals surface area contributed by atoms with Crippen LogP contribution in [0.1, 0.15) is 18.5 Å². The number of carboxylic acid groups (broad SMARTS) is 1. The quantitative estimate of drug-likeness (QED) is 0.266. The molecule has 1 atom stereocenters. The molecule has 1 unspecified atom stereocenters. The molecule has 3 aromatic rings. The molecule has 3 rings (SSSR count). The molecule has 0 saturated carbocycles. The van der Waals surface area contributed by atoms with Crippen molar-refractivity contribution in [3.05, 3.63) is 70.8 Å². The number of pyridine rings is 1. The highest BCUT2D eigenvalue weighted by Crippen LogP contribution is 2.30. The van der Waals surface area contributed by atoms with Gasteiger partial charge in [0.25, 0.3) is 12.0 Å². The maximum Gasteiger partial charge on any atom is 0.416 e. The van der Waals surface area contributed by atoms with Crippen molar-refractivity contribution in [1.29, 1.82) is 0 Å². The molecule has 13 nitrogen and oxygen atoms in total. The number of anilines is 1. The van der Waals surface area contributed by atoms with Crippen LogP contribution < -0.4 is 20.9 Å². The standard InChI is InChI=1S/C28H31F2N5O8/c1-33(2)23(36)12-5-4-9-19(32-27(39)42-3)25(37)31-20-10-7-13-34(26(20)38)15-18-14-17-8-6-11-21(43-16-22(29)30)24(17)35(18)28(40)41/h5-8,10-14,19,22H,4,9,15-16H2,1-3H3,(H,31,37)(H,32,39)(H,40,41). The second-order valence-electron chi connectivity index (χ2n) is 9.39. The highest BCUT2D eigenvalue weighted by molar-refractivity contribution is 5.96. The van der Waals surface area contributed by atoms with E-state index in [1.165, 1.54) is 47.5 Å². The lowest BCUT2D eigenvalue weighted by Crippen LogP contribution is -2.44. The number of nitrogens with one attached hydrogen (secondary N) is 2. The fraction of sp³-hybridized carbons (Fsp3) is 0.321. The van der Waals surface area contributed by atoms with Crippen LogP contribution in [0.15, 0.2) is 59.5 Å². The van der Waals surface area contributed by atoms with Crippen molar-refractivity contribution in [3.63, 3.8) is 0 Å². The van der Waals surface area contributed by atoms with Gasteiger partial charge in [0, 0.05) is 25.7 Å². The summed E-state index contributed by atoms with van der Waals surface area (Å²) in [7, 11) is 4.29. The van der Waals surface area contributed by atoms with E-state index in [0.717, 1.165) is 16.2 Å². The van der Waals surface area contributed by atoms with Crippen LogP contribution >= 0.6 is 0 Å². The first-order chi connectivity index (χ1) is 20.4. The molecule has 0 fully saturated rings. The fourth-order valence-electron chi connectivity index (χ4n) is 4.10. The number of carbonyl (C=O) groups excluding carboxylic acids is 3. The van der Waals surface area contributed by atoms with Crippen molar-refractivity contribution in [2.24, 2.45) is 0 Å². The van der Waals surface area contributed by atoms with Crippen LogP contribution in [-0.2, 0) is 20.9 Å². The normalized spacial score (nSPS) is 11.9. The number of carbonyl (C=O) groups is 4. The lowest BCUT2D eigenvalue weighted by Gasteiger charge is -2.17. The van der Waals surface area contributed by atoms with Crippen LogP contribution in [0.4, 0.5) is 24.1 Å². The zero-order valence-electron chi connectivity index (χ0n) is 23.6. The molecule has 43 heavy (non-hydrogen) atoms. The summed E-state index contributed by atoms with van der Waals surface area (Å²) in [6.45, 7) is -1.19. The number of ether oxygens (including phenoxy) is 2. The Bertz CT molecular complexity index is 1580. The Morgan fingerprint density at radius 1 is 1.14 bits per heavy atom. The van der Waals surface area contributed by atoms with Crippen molar-refractivity contribution in [2.75, 3.05) is 33.1 Å². The van der Waals surface area contributed by atoms with Crippen LogP contribution in [0.3, 0.4) is 0 Å². The molecular weight excluding hydrogens is 572 g/mol. The molecule has 2 heterocycles. The van der Waals surface area contributed by atoms with Gasteiger partial charge in [0.2, 0.25) is 11.8 Å². The van der Waals surface area contributed by atoms with Gasteiger partial charge in [0.15, 0.2) is 0 Å². The highest BCUT2D eigenvalue weighted by atomic mass is 19.3. The molecule has 230 valence electrons. The van der Waals surface area contributed by atoms with Crippen molar-refractivity contribution in [3.8, 4) is 5.75 Å². The lowest BCUT2D eigenvalue weighted by molar-refractivity contribution is -0.123. The van der Waals surface area contributed by atoms with Gasteiger partial charge in [0.05, 0.1) is 19.3 Å². The van der Waals surface area contributed by atoms with Gasteiger partial charge >= 0.3 is 12.2 Å². The predicted octanol–water partition coefficient (Wildman–Crippen LogP) is 3.11. The first-order valence-electron chi connectivity index (χ1n) is 12.9. The number of rotatable bonds is 12. The first-order valence-corrected chi connectivity index (χ1v) is 12.9.